The minimum absolute atomic E-state index is 0.0439. The minimum atomic E-state index is 0.0439. The lowest BCUT2D eigenvalue weighted by molar-refractivity contribution is -0.120. The number of amides is 1. The summed E-state index contributed by atoms with van der Waals surface area (Å²) in [5.74, 6) is 2.09. The number of hydrogen-bond donors (Lipinski definition) is 3. The molecule has 0 saturated heterocycles. The van der Waals surface area contributed by atoms with Gasteiger partial charge in [-0.25, -0.2) is 9.97 Å². The molecule has 0 radical (unpaired) electrons. The fourth-order valence-corrected chi connectivity index (χ4v) is 1.71. The molecule has 1 heterocycles. The molecule has 3 N–H and O–H groups in total. The Bertz CT molecular complexity index is 415. The lowest BCUT2D eigenvalue weighted by atomic mass is 10.3. The third-order valence-corrected chi connectivity index (χ3v) is 2.63. The van der Waals surface area contributed by atoms with Gasteiger partial charge in [-0.15, -0.1) is 0 Å². The average molecular weight is 295 g/mol. The molecule has 0 aromatic carbocycles. The van der Waals surface area contributed by atoms with Crippen molar-refractivity contribution in [3.05, 3.63) is 11.9 Å². The van der Waals surface area contributed by atoms with Crippen LogP contribution in [0, 0.1) is 0 Å². The van der Waals surface area contributed by atoms with Crippen molar-refractivity contribution < 1.29 is 9.53 Å². The topological polar surface area (TPSA) is 88.2 Å². The van der Waals surface area contributed by atoms with Gasteiger partial charge < -0.3 is 20.7 Å². The fourth-order valence-electron chi connectivity index (χ4n) is 1.71. The van der Waals surface area contributed by atoms with Crippen LogP contribution in [0.4, 0.5) is 11.6 Å². The molecule has 0 fully saturated rings. The zero-order chi connectivity index (χ0) is 15.5. The molecule has 1 amide bonds. The van der Waals surface area contributed by atoms with Crippen molar-refractivity contribution in [2.24, 2.45) is 0 Å². The number of carbonyl (C=O) groups excluding carboxylic acids is 1. The molecule has 7 heteroatoms. The van der Waals surface area contributed by atoms with Crippen molar-refractivity contribution in [2.75, 3.05) is 37.4 Å². The normalized spacial score (nSPS) is 10.2. The summed E-state index contributed by atoms with van der Waals surface area (Å²) in [7, 11) is 1.61. The number of anilines is 2. The van der Waals surface area contributed by atoms with Crippen LogP contribution < -0.4 is 16.0 Å². The Hall–Kier alpha value is -1.89. The largest absolute Gasteiger partial charge is 0.377 e. The number of nitrogens with one attached hydrogen (secondary N) is 3. The zero-order valence-electron chi connectivity index (χ0n) is 13.0. The molecule has 0 aliphatic rings. The number of carbonyl (C=O) groups is 1. The summed E-state index contributed by atoms with van der Waals surface area (Å²) in [6.07, 6.45) is 1.36. The molecule has 0 unspecified atom stereocenters. The van der Waals surface area contributed by atoms with Gasteiger partial charge in [0, 0.05) is 39.2 Å². The average Bonchev–Trinajstić information content (AvgIpc) is 2.45. The Morgan fingerprint density at radius 1 is 1.19 bits per heavy atom. The van der Waals surface area contributed by atoms with Crippen LogP contribution >= 0.6 is 0 Å². The molecule has 0 bridgehead atoms. The molecule has 21 heavy (non-hydrogen) atoms. The van der Waals surface area contributed by atoms with E-state index in [2.05, 4.69) is 25.9 Å². The van der Waals surface area contributed by atoms with Crippen molar-refractivity contribution in [3.8, 4) is 0 Å². The molecule has 0 saturated carbocycles. The van der Waals surface area contributed by atoms with Crippen molar-refractivity contribution >= 4 is 17.5 Å². The quantitative estimate of drug-likeness (QED) is 0.604. The van der Waals surface area contributed by atoms with Crippen LogP contribution in [0.15, 0.2) is 6.07 Å². The Kier molecular flexibility index (Phi) is 8.11. The van der Waals surface area contributed by atoms with E-state index in [1.807, 2.05) is 19.9 Å². The van der Waals surface area contributed by atoms with Crippen LogP contribution in [0.25, 0.3) is 0 Å². The molecule has 1 aromatic heterocycles. The first-order chi connectivity index (χ1) is 10.2. The molecular formula is C14H25N5O2. The van der Waals surface area contributed by atoms with E-state index in [1.54, 1.807) is 7.11 Å². The Balaban J connectivity index is 2.54. The molecule has 118 valence electrons. The predicted octanol–water partition coefficient (Wildman–Crippen LogP) is 1.38. The lowest BCUT2D eigenvalue weighted by Crippen LogP contribution is -2.26. The molecule has 0 spiro atoms. The third kappa shape index (κ3) is 6.89. The van der Waals surface area contributed by atoms with E-state index >= 15 is 0 Å². The Morgan fingerprint density at radius 3 is 2.52 bits per heavy atom. The van der Waals surface area contributed by atoms with Gasteiger partial charge in [0.05, 0.1) is 0 Å². The van der Waals surface area contributed by atoms with E-state index in [0.717, 1.165) is 25.3 Å². The van der Waals surface area contributed by atoms with Gasteiger partial charge in [0.1, 0.15) is 18.2 Å². The van der Waals surface area contributed by atoms with Gasteiger partial charge in [0.15, 0.2) is 5.82 Å². The molecule has 0 atom stereocenters. The maximum Gasteiger partial charge on any atom is 0.221 e. The van der Waals surface area contributed by atoms with Crippen molar-refractivity contribution in [1.29, 1.82) is 0 Å². The van der Waals surface area contributed by atoms with Crippen LogP contribution in [0.1, 0.15) is 32.5 Å². The monoisotopic (exact) mass is 295 g/mol. The maximum absolute atomic E-state index is 11.5. The van der Waals surface area contributed by atoms with Gasteiger partial charge in [-0.05, 0) is 13.3 Å². The number of methoxy groups -OCH3 is 1. The number of aromatic nitrogens is 2. The molecule has 0 aliphatic heterocycles. The molecular weight excluding hydrogens is 270 g/mol. The summed E-state index contributed by atoms with van der Waals surface area (Å²) in [5.41, 5.74) is 0. The summed E-state index contributed by atoms with van der Waals surface area (Å²) in [6.45, 7) is 6.41. The highest BCUT2D eigenvalue weighted by molar-refractivity contribution is 5.76. The first-order valence-electron chi connectivity index (χ1n) is 7.30. The maximum atomic E-state index is 11.5. The second-order valence-electron chi connectivity index (χ2n) is 4.54. The standard InChI is InChI=1S/C14H25N5O2/c1-4-7-17-14(20)6-8-16-12-9-11(15-5-2)18-13(19-12)10-21-3/h9H,4-8,10H2,1-3H3,(H,17,20)(H2,15,16,18,19). The highest BCUT2D eigenvalue weighted by atomic mass is 16.5. The predicted molar refractivity (Wildman–Crippen MR) is 83.3 cm³/mol. The SMILES string of the molecule is CCCNC(=O)CCNc1cc(NCC)nc(COC)n1. The number of hydrogen-bond acceptors (Lipinski definition) is 6. The van der Waals surface area contributed by atoms with Crippen molar-refractivity contribution in [1.82, 2.24) is 15.3 Å². The molecule has 1 rings (SSSR count). The zero-order valence-corrected chi connectivity index (χ0v) is 13.0. The highest BCUT2D eigenvalue weighted by Gasteiger charge is 2.05. The lowest BCUT2D eigenvalue weighted by Gasteiger charge is -2.10. The van der Waals surface area contributed by atoms with Gasteiger partial charge >= 0.3 is 0 Å². The first-order valence-corrected chi connectivity index (χ1v) is 7.30. The summed E-state index contributed by atoms with van der Waals surface area (Å²) in [6, 6.07) is 1.83. The van der Waals surface area contributed by atoms with Gasteiger partial charge in [-0.2, -0.15) is 0 Å². The van der Waals surface area contributed by atoms with Crippen molar-refractivity contribution in [2.45, 2.75) is 33.3 Å². The first kappa shape index (κ1) is 17.2. The molecule has 7 nitrogen and oxygen atoms in total. The Morgan fingerprint density at radius 2 is 1.90 bits per heavy atom. The molecule has 0 aliphatic carbocycles. The van der Waals surface area contributed by atoms with Crippen molar-refractivity contribution in [3.63, 3.8) is 0 Å². The van der Waals surface area contributed by atoms with Gasteiger partial charge in [-0.1, -0.05) is 6.92 Å². The number of rotatable bonds is 10. The highest BCUT2D eigenvalue weighted by Crippen LogP contribution is 2.11. The van der Waals surface area contributed by atoms with Gasteiger partial charge in [0.2, 0.25) is 5.91 Å². The van der Waals surface area contributed by atoms with E-state index in [4.69, 9.17) is 4.74 Å². The van der Waals surface area contributed by atoms with Crippen LogP contribution in [0.5, 0.6) is 0 Å². The van der Waals surface area contributed by atoms with Crippen LogP contribution in [-0.2, 0) is 16.1 Å². The third-order valence-electron chi connectivity index (χ3n) is 2.63. The summed E-state index contributed by atoms with van der Waals surface area (Å²) in [4.78, 5) is 20.2. The van der Waals surface area contributed by atoms with Gasteiger partial charge in [0.25, 0.3) is 0 Å². The van der Waals surface area contributed by atoms with E-state index < -0.39 is 0 Å². The summed E-state index contributed by atoms with van der Waals surface area (Å²) >= 11 is 0. The second-order valence-corrected chi connectivity index (χ2v) is 4.54. The fraction of sp³-hybridized carbons (Fsp3) is 0.643. The smallest absolute Gasteiger partial charge is 0.221 e. The van der Waals surface area contributed by atoms with Gasteiger partial charge in [-0.3, -0.25) is 4.79 Å². The van der Waals surface area contributed by atoms with Crippen LogP contribution in [-0.4, -0.2) is 42.6 Å². The Labute approximate surface area is 125 Å². The summed E-state index contributed by atoms with van der Waals surface area (Å²) < 4.78 is 5.06. The minimum Gasteiger partial charge on any atom is -0.377 e. The van der Waals surface area contributed by atoms with E-state index in [-0.39, 0.29) is 5.91 Å². The second kappa shape index (κ2) is 9.93. The van der Waals surface area contributed by atoms with E-state index in [9.17, 15) is 4.79 Å². The summed E-state index contributed by atoms with van der Waals surface area (Å²) in [5, 5.41) is 9.13. The van der Waals surface area contributed by atoms with E-state index in [1.165, 1.54) is 0 Å². The number of ether oxygens (including phenoxy) is 1. The number of nitrogens with zero attached hydrogens (tertiary/aromatic N) is 2. The van der Waals surface area contributed by atoms with Crippen LogP contribution in [0.2, 0.25) is 0 Å². The van der Waals surface area contributed by atoms with E-state index in [0.29, 0.717) is 31.2 Å². The molecule has 1 aromatic rings. The van der Waals surface area contributed by atoms with Crippen LogP contribution in [0.3, 0.4) is 0 Å².